The third-order valence-corrected chi connectivity index (χ3v) is 1.53. The van der Waals surface area contributed by atoms with Crippen LogP contribution in [0, 0.1) is 0 Å². The number of rotatable bonds is 2. The van der Waals surface area contributed by atoms with Gasteiger partial charge in [-0.1, -0.05) is 6.58 Å². The molecule has 0 spiro atoms. The lowest BCUT2D eigenvalue weighted by Crippen LogP contribution is -1.93. The Bertz CT molecular complexity index is 258. The zero-order valence-corrected chi connectivity index (χ0v) is 7.63. The van der Waals surface area contributed by atoms with Crippen LogP contribution in [0.1, 0.15) is 5.82 Å². The van der Waals surface area contributed by atoms with Gasteiger partial charge in [0.25, 0.3) is 0 Å². The summed E-state index contributed by atoms with van der Waals surface area (Å²) < 4.78 is 5.68. The molecule has 0 fully saturated rings. The van der Waals surface area contributed by atoms with Crippen molar-refractivity contribution in [2.24, 2.45) is 0 Å². The minimum Gasteiger partial charge on any atom is -0.493 e. The number of hydrogen-bond acceptors (Lipinski definition) is 3. The van der Waals surface area contributed by atoms with Crippen molar-refractivity contribution >= 4 is 21.7 Å². The summed E-state index contributed by atoms with van der Waals surface area (Å²) in [5.41, 5.74) is 0. The van der Waals surface area contributed by atoms with Crippen molar-refractivity contribution in [2.75, 3.05) is 7.11 Å². The topological polar surface area (TPSA) is 35.0 Å². The molecule has 0 radical (unpaired) electrons. The molecule has 1 aromatic heterocycles. The zero-order chi connectivity index (χ0) is 8.27. The summed E-state index contributed by atoms with van der Waals surface area (Å²) in [5.74, 6) is 0.980. The molecule has 3 nitrogen and oxygen atoms in total. The molecule has 11 heavy (non-hydrogen) atoms. The fraction of sp³-hybridized carbons (Fsp3) is 0.143. The maximum absolute atomic E-state index is 4.84. The Balaban J connectivity index is 2.90. The molecule has 0 unspecified atom stereocenters. The number of nitrogens with zero attached hydrogens (tertiary/aromatic N) is 2. The van der Waals surface area contributed by atoms with Crippen molar-refractivity contribution in [1.82, 2.24) is 9.97 Å². The number of aromatic nitrogens is 2. The number of halogens is 1. The van der Waals surface area contributed by atoms with Crippen molar-refractivity contribution in [3.63, 3.8) is 0 Å². The van der Waals surface area contributed by atoms with E-state index in [1.807, 2.05) is 0 Å². The van der Waals surface area contributed by atoms with E-state index in [4.69, 9.17) is 4.74 Å². The van der Waals surface area contributed by atoms with E-state index in [0.29, 0.717) is 11.6 Å². The van der Waals surface area contributed by atoms with Crippen LogP contribution in [0.5, 0.6) is 0 Å². The van der Waals surface area contributed by atoms with Crippen LogP contribution in [-0.2, 0) is 4.74 Å². The minimum absolute atomic E-state index is 0.470. The highest BCUT2D eigenvalue weighted by Gasteiger charge is 1.99. The van der Waals surface area contributed by atoms with Crippen molar-refractivity contribution in [2.45, 2.75) is 0 Å². The summed E-state index contributed by atoms with van der Waals surface area (Å²) in [6, 6.07) is 0. The SMILES string of the molecule is C=C(OC)c1ncc(Br)cn1. The average molecular weight is 215 g/mol. The van der Waals surface area contributed by atoms with Gasteiger partial charge in [0.05, 0.1) is 11.6 Å². The van der Waals surface area contributed by atoms with Crippen LogP contribution in [-0.4, -0.2) is 17.1 Å². The summed E-state index contributed by atoms with van der Waals surface area (Å²) in [6.07, 6.45) is 3.29. The Morgan fingerprint density at radius 1 is 1.55 bits per heavy atom. The average Bonchev–Trinajstić information content (AvgIpc) is 2.05. The monoisotopic (exact) mass is 214 g/mol. The zero-order valence-electron chi connectivity index (χ0n) is 6.04. The van der Waals surface area contributed by atoms with Gasteiger partial charge in [0.15, 0.2) is 11.6 Å². The number of hydrogen-bond donors (Lipinski definition) is 0. The first-order valence-corrected chi connectivity index (χ1v) is 3.74. The molecular formula is C7H7BrN2O. The molecule has 0 aliphatic heterocycles. The third kappa shape index (κ3) is 2.01. The van der Waals surface area contributed by atoms with Crippen molar-refractivity contribution in [3.8, 4) is 0 Å². The van der Waals surface area contributed by atoms with Crippen molar-refractivity contribution in [1.29, 1.82) is 0 Å². The van der Waals surface area contributed by atoms with Gasteiger partial charge in [-0.15, -0.1) is 0 Å². The summed E-state index contributed by atoms with van der Waals surface area (Å²) in [7, 11) is 1.54. The normalized spacial score (nSPS) is 9.27. The van der Waals surface area contributed by atoms with E-state index in [9.17, 15) is 0 Å². The van der Waals surface area contributed by atoms with E-state index in [1.54, 1.807) is 12.4 Å². The van der Waals surface area contributed by atoms with Gasteiger partial charge in [-0.3, -0.25) is 0 Å². The molecule has 1 aromatic rings. The van der Waals surface area contributed by atoms with Gasteiger partial charge in [-0.25, -0.2) is 9.97 Å². The first-order chi connectivity index (χ1) is 5.24. The van der Waals surface area contributed by atoms with Gasteiger partial charge < -0.3 is 4.74 Å². The van der Waals surface area contributed by atoms with Crippen LogP contribution >= 0.6 is 15.9 Å². The molecule has 4 heteroatoms. The quantitative estimate of drug-likeness (QED) is 0.706. The Kier molecular flexibility index (Phi) is 2.59. The van der Waals surface area contributed by atoms with Gasteiger partial charge in [-0.05, 0) is 15.9 Å². The largest absolute Gasteiger partial charge is 0.493 e. The molecule has 0 saturated carbocycles. The van der Waals surface area contributed by atoms with Crippen LogP contribution in [0.3, 0.4) is 0 Å². The fourth-order valence-corrected chi connectivity index (χ4v) is 0.752. The van der Waals surface area contributed by atoms with Crippen LogP contribution in [0.15, 0.2) is 23.4 Å². The lowest BCUT2D eigenvalue weighted by molar-refractivity contribution is 0.367. The van der Waals surface area contributed by atoms with Gasteiger partial charge in [0, 0.05) is 12.4 Å². The fourth-order valence-electron chi connectivity index (χ4n) is 0.548. The lowest BCUT2D eigenvalue weighted by Gasteiger charge is -2.00. The van der Waals surface area contributed by atoms with Gasteiger partial charge >= 0.3 is 0 Å². The summed E-state index contributed by atoms with van der Waals surface area (Å²) in [5, 5.41) is 0. The predicted octanol–water partition coefficient (Wildman–Crippen LogP) is 1.86. The molecule has 1 rings (SSSR count). The molecule has 58 valence electrons. The Labute approximate surface area is 73.3 Å². The third-order valence-electron chi connectivity index (χ3n) is 1.12. The molecule has 0 aromatic carbocycles. The standard InChI is InChI=1S/C7H7BrN2O/c1-5(11-2)7-9-3-6(8)4-10-7/h3-4H,1H2,2H3. The van der Waals surface area contributed by atoms with Crippen molar-refractivity contribution < 1.29 is 4.74 Å². The number of ether oxygens (including phenoxy) is 1. The van der Waals surface area contributed by atoms with E-state index in [0.717, 1.165) is 4.47 Å². The first-order valence-electron chi connectivity index (χ1n) is 2.95. The summed E-state index contributed by atoms with van der Waals surface area (Å²) in [6.45, 7) is 3.61. The molecule has 0 N–H and O–H groups in total. The van der Waals surface area contributed by atoms with Crippen LogP contribution < -0.4 is 0 Å². The molecule has 0 aliphatic carbocycles. The van der Waals surface area contributed by atoms with Crippen LogP contribution in [0.4, 0.5) is 0 Å². The highest BCUT2D eigenvalue weighted by Crippen LogP contribution is 2.09. The van der Waals surface area contributed by atoms with Crippen LogP contribution in [0.25, 0.3) is 5.76 Å². The molecule has 0 bridgehead atoms. The summed E-state index contributed by atoms with van der Waals surface area (Å²) >= 11 is 3.22. The Morgan fingerprint density at radius 2 is 2.09 bits per heavy atom. The Morgan fingerprint density at radius 3 is 2.55 bits per heavy atom. The summed E-state index contributed by atoms with van der Waals surface area (Å²) in [4.78, 5) is 7.93. The highest BCUT2D eigenvalue weighted by molar-refractivity contribution is 9.10. The first kappa shape index (κ1) is 8.20. The van der Waals surface area contributed by atoms with E-state index in [-0.39, 0.29) is 0 Å². The van der Waals surface area contributed by atoms with Gasteiger partial charge in [-0.2, -0.15) is 0 Å². The second-order valence-electron chi connectivity index (χ2n) is 1.85. The molecular weight excluding hydrogens is 208 g/mol. The maximum atomic E-state index is 4.84. The highest BCUT2D eigenvalue weighted by atomic mass is 79.9. The van der Waals surface area contributed by atoms with E-state index in [2.05, 4.69) is 32.5 Å². The smallest absolute Gasteiger partial charge is 0.194 e. The van der Waals surface area contributed by atoms with Gasteiger partial charge in [0.2, 0.25) is 0 Å². The predicted molar refractivity (Wildman–Crippen MR) is 45.8 cm³/mol. The lowest BCUT2D eigenvalue weighted by atomic mass is 10.5. The Hall–Kier alpha value is -0.900. The second kappa shape index (κ2) is 3.48. The number of methoxy groups -OCH3 is 1. The molecule has 0 aliphatic rings. The molecule has 1 heterocycles. The maximum Gasteiger partial charge on any atom is 0.194 e. The molecule has 0 saturated heterocycles. The van der Waals surface area contributed by atoms with E-state index < -0.39 is 0 Å². The second-order valence-corrected chi connectivity index (χ2v) is 2.77. The van der Waals surface area contributed by atoms with Crippen molar-refractivity contribution in [3.05, 3.63) is 29.3 Å². The van der Waals surface area contributed by atoms with Gasteiger partial charge in [0.1, 0.15) is 0 Å². The molecule has 0 amide bonds. The van der Waals surface area contributed by atoms with Crippen LogP contribution in [0.2, 0.25) is 0 Å². The minimum atomic E-state index is 0.470. The molecule has 0 atom stereocenters. The van der Waals surface area contributed by atoms with E-state index >= 15 is 0 Å². The van der Waals surface area contributed by atoms with E-state index in [1.165, 1.54) is 7.11 Å².